The second kappa shape index (κ2) is 8.78. The quantitative estimate of drug-likeness (QED) is 0.368. The summed E-state index contributed by atoms with van der Waals surface area (Å²) in [5, 5.41) is 4.66. The van der Waals surface area contributed by atoms with Crippen LogP contribution < -0.4 is 10.2 Å². The largest absolute Gasteiger partial charge is 0.356 e. The second-order valence-corrected chi connectivity index (χ2v) is 10.0. The van der Waals surface area contributed by atoms with E-state index in [4.69, 9.17) is 11.6 Å². The number of hydrogen-bond acceptors (Lipinski definition) is 3. The van der Waals surface area contributed by atoms with Crippen molar-refractivity contribution in [2.45, 2.75) is 25.3 Å². The summed E-state index contributed by atoms with van der Waals surface area (Å²) >= 11 is 5.93. The summed E-state index contributed by atoms with van der Waals surface area (Å²) in [5.74, 6) is -0.595. The van der Waals surface area contributed by atoms with E-state index < -0.39 is 5.54 Å². The molecule has 0 unspecified atom stereocenters. The number of anilines is 1. The topological polar surface area (TPSA) is 85.5 Å². The fraction of sp³-hybridized carbons (Fsp3) is 0.207. The molecule has 2 aliphatic heterocycles. The first-order valence-corrected chi connectivity index (χ1v) is 12.6. The van der Waals surface area contributed by atoms with E-state index in [2.05, 4.69) is 10.3 Å². The van der Waals surface area contributed by atoms with Crippen LogP contribution in [-0.2, 0) is 23.2 Å². The number of aromatic amines is 1. The lowest BCUT2D eigenvalue weighted by molar-refractivity contribution is -0.125. The fourth-order valence-electron chi connectivity index (χ4n) is 5.48. The number of carbonyl (C=O) groups is 3. The molecular formula is C29H25ClN4O3. The third-order valence-electron chi connectivity index (χ3n) is 7.45. The van der Waals surface area contributed by atoms with Gasteiger partial charge < -0.3 is 15.2 Å². The van der Waals surface area contributed by atoms with E-state index in [0.717, 1.165) is 27.7 Å². The van der Waals surface area contributed by atoms with Gasteiger partial charge in [0.25, 0.3) is 11.8 Å². The summed E-state index contributed by atoms with van der Waals surface area (Å²) in [7, 11) is 0. The number of nitrogens with one attached hydrogen (secondary N) is 2. The van der Waals surface area contributed by atoms with Crippen LogP contribution in [0.25, 0.3) is 10.9 Å². The van der Waals surface area contributed by atoms with Gasteiger partial charge in [0.05, 0.1) is 11.4 Å². The van der Waals surface area contributed by atoms with Crippen molar-refractivity contribution >= 4 is 46.0 Å². The number of amides is 4. The smallest absolute Gasteiger partial charge is 0.332 e. The van der Waals surface area contributed by atoms with Crippen molar-refractivity contribution in [1.82, 2.24) is 15.2 Å². The fourth-order valence-corrected chi connectivity index (χ4v) is 5.61. The van der Waals surface area contributed by atoms with Gasteiger partial charge in [-0.25, -0.2) is 9.69 Å². The number of rotatable bonds is 5. The van der Waals surface area contributed by atoms with Crippen LogP contribution in [0.2, 0.25) is 5.02 Å². The Kier molecular flexibility index (Phi) is 5.53. The molecule has 0 bridgehead atoms. The van der Waals surface area contributed by atoms with Gasteiger partial charge in [-0.1, -0.05) is 48.0 Å². The molecule has 7 nitrogen and oxygen atoms in total. The highest BCUT2D eigenvalue weighted by Gasteiger charge is 2.59. The molecule has 186 valence electrons. The van der Waals surface area contributed by atoms with Crippen molar-refractivity contribution in [3.63, 3.8) is 0 Å². The second-order valence-electron chi connectivity index (χ2n) is 9.60. The van der Waals surface area contributed by atoms with Gasteiger partial charge in [0, 0.05) is 34.6 Å². The summed E-state index contributed by atoms with van der Waals surface area (Å²) in [4.78, 5) is 46.5. The Morgan fingerprint density at radius 1 is 1.05 bits per heavy atom. The number of H-pyrrole nitrogens is 1. The molecule has 1 aromatic heterocycles. The van der Waals surface area contributed by atoms with Crippen LogP contribution in [0.15, 0.2) is 72.8 Å². The van der Waals surface area contributed by atoms with Crippen LogP contribution >= 0.6 is 11.6 Å². The SMILES string of the molecule is C[C@]12C(=O)N(c3cccc(C(=O)NCCc4ccc(Cl)cc4)c3)C(=O)N1CCc1c2[nH]c2ccccc12. The van der Waals surface area contributed by atoms with Crippen molar-refractivity contribution in [3.8, 4) is 0 Å². The maximum Gasteiger partial charge on any atom is 0.332 e. The molecule has 3 heterocycles. The van der Waals surface area contributed by atoms with E-state index >= 15 is 0 Å². The molecule has 0 radical (unpaired) electrons. The zero-order valence-corrected chi connectivity index (χ0v) is 21.0. The summed E-state index contributed by atoms with van der Waals surface area (Å²) in [5.41, 5.74) is 3.48. The molecule has 1 saturated heterocycles. The van der Waals surface area contributed by atoms with Crippen molar-refractivity contribution in [2.75, 3.05) is 18.0 Å². The summed E-state index contributed by atoms with van der Waals surface area (Å²) < 4.78 is 0. The van der Waals surface area contributed by atoms with Gasteiger partial charge in [0.1, 0.15) is 0 Å². The number of urea groups is 1. The average Bonchev–Trinajstić information content (AvgIpc) is 3.38. The van der Waals surface area contributed by atoms with E-state index in [9.17, 15) is 14.4 Å². The number of imide groups is 1. The van der Waals surface area contributed by atoms with E-state index in [-0.39, 0.29) is 17.8 Å². The van der Waals surface area contributed by atoms with E-state index in [1.165, 1.54) is 4.90 Å². The molecule has 8 heteroatoms. The monoisotopic (exact) mass is 512 g/mol. The Bertz CT molecular complexity index is 1560. The minimum Gasteiger partial charge on any atom is -0.356 e. The van der Waals surface area contributed by atoms with Gasteiger partial charge in [-0.2, -0.15) is 0 Å². The van der Waals surface area contributed by atoms with E-state index in [0.29, 0.717) is 42.2 Å². The predicted molar refractivity (Wildman–Crippen MR) is 143 cm³/mol. The minimum absolute atomic E-state index is 0.267. The molecule has 0 saturated carbocycles. The van der Waals surface area contributed by atoms with Crippen molar-refractivity contribution < 1.29 is 14.4 Å². The molecule has 0 aliphatic carbocycles. The molecular weight excluding hydrogens is 488 g/mol. The molecule has 4 aromatic rings. The third-order valence-corrected chi connectivity index (χ3v) is 7.70. The van der Waals surface area contributed by atoms with Gasteiger partial charge in [-0.15, -0.1) is 0 Å². The number of aromatic nitrogens is 1. The van der Waals surface area contributed by atoms with Crippen molar-refractivity contribution in [3.05, 3.63) is 100 Å². The Balaban J connectivity index is 1.25. The Hall–Kier alpha value is -4.10. The van der Waals surface area contributed by atoms with Crippen LogP contribution in [0, 0.1) is 0 Å². The van der Waals surface area contributed by atoms with Gasteiger partial charge in [0.2, 0.25) is 0 Å². The summed E-state index contributed by atoms with van der Waals surface area (Å²) in [6.07, 6.45) is 1.32. The molecule has 1 atom stereocenters. The first kappa shape index (κ1) is 23.3. The molecule has 0 spiro atoms. The highest BCUT2D eigenvalue weighted by atomic mass is 35.5. The third kappa shape index (κ3) is 3.69. The molecule has 1 fully saturated rings. The van der Waals surface area contributed by atoms with Gasteiger partial charge in [-0.3, -0.25) is 9.59 Å². The van der Waals surface area contributed by atoms with E-state index in [1.54, 1.807) is 36.1 Å². The Labute approximate surface area is 219 Å². The van der Waals surface area contributed by atoms with Crippen LogP contribution in [0.4, 0.5) is 10.5 Å². The molecule has 2 N–H and O–H groups in total. The van der Waals surface area contributed by atoms with Gasteiger partial charge in [0.15, 0.2) is 5.54 Å². The van der Waals surface area contributed by atoms with Crippen LogP contribution in [0.1, 0.15) is 34.1 Å². The predicted octanol–water partition coefficient (Wildman–Crippen LogP) is 5.03. The maximum atomic E-state index is 13.9. The molecule has 2 aliphatic rings. The van der Waals surface area contributed by atoms with Crippen LogP contribution in [0.3, 0.4) is 0 Å². The number of halogens is 1. The molecule has 6 rings (SSSR count). The number of benzene rings is 3. The maximum absolute atomic E-state index is 13.9. The zero-order chi connectivity index (χ0) is 25.7. The van der Waals surface area contributed by atoms with Crippen molar-refractivity contribution in [2.24, 2.45) is 0 Å². The number of fused-ring (bicyclic) bond motifs is 5. The molecule has 4 amide bonds. The van der Waals surface area contributed by atoms with E-state index in [1.807, 2.05) is 48.5 Å². The Morgan fingerprint density at radius 2 is 1.84 bits per heavy atom. The molecule has 3 aromatic carbocycles. The number of carbonyl (C=O) groups excluding carboxylic acids is 3. The summed E-state index contributed by atoms with van der Waals surface area (Å²) in [6.45, 7) is 2.69. The standard InChI is InChI=1S/C29H25ClN4O3/c1-29-25-23(22-7-2-3-8-24(22)32-25)14-16-33(29)28(37)34(27(29)36)21-6-4-5-19(17-21)26(35)31-15-13-18-9-11-20(30)12-10-18/h2-12,17,32H,13-16H2,1H3,(H,31,35)/t29-/m0/s1. The minimum atomic E-state index is -1.14. The highest BCUT2D eigenvalue weighted by molar-refractivity contribution is 6.30. The lowest BCUT2D eigenvalue weighted by Crippen LogP contribution is -2.49. The van der Waals surface area contributed by atoms with Crippen LogP contribution in [-0.4, -0.2) is 40.8 Å². The molecule has 37 heavy (non-hydrogen) atoms. The van der Waals surface area contributed by atoms with Crippen LogP contribution in [0.5, 0.6) is 0 Å². The number of para-hydroxylation sites is 1. The first-order chi connectivity index (χ1) is 17.9. The highest BCUT2D eigenvalue weighted by Crippen LogP contribution is 2.45. The normalized spacial score (nSPS) is 18.8. The van der Waals surface area contributed by atoms with Gasteiger partial charge >= 0.3 is 6.03 Å². The van der Waals surface area contributed by atoms with Crippen molar-refractivity contribution in [1.29, 1.82) is 0 Å². The number of hydrogen-bond donors (Lipinski definition) is 2. The lowest BCUT2D eigenvalue weighted by atomic mass is 9.87. The number of nitrogens with zero attached hydrogens (tertiary/aromatic N) is 2. The average molecular weight is 513 g/mol. The lowest BCUT2D eigenvalue weighted by Gasteiger charge is -2.35. The zero-order valence-electron chi connectivity index (χ0n) is 20.3. The van der Waals surface area contributed by atoms with Gasteiger partial charge in [-0.05, 0) is 67.3 Å². The first-order valence-electron chi connectivity index (χ1n) is 12.3. The summed E-state index contributed by atoms with van der Waals surface area (Å²) in [6, 6.07) is 21.7. The Morgan fingerprint density at radius 3 is 2.65 bits per heavy atom.